The lowest BCUT2D eigenvalue weighted by molar-refractivity contribution is 0.0429. The van der Waals surface area contributed by atoms with Crippen molar-refractivity contribution in [3.63, 3.8) is 0 Å². The van der Waals surface area contributed by atoms with Crippen LogP contribution in [0.15, 0.2) is 24.3 Å². The molecule has 1 aliphatic rings. The molecule has 1 aromatic carbocycles. The average molecular weight is 297 g/mol. The first kappa shape index (κ1) is 15.5. The quantitative estimate of drug-likeness (QED) is 0.779. The largest absolute Gasteiger partial charge is 0.372 e. The van der Waals surface area contributed by atoms with E-state index < -0.39 is 9.84 Å². The second kappa shape index (κ2) is 7.20. The number of rotatable bonds is 7. The molecule has 0 aliphatic heterocycles. The maximum absolute atomic E-state index is 11.0. The zero-order chi connectivity index (χ0) is 14.4. The SMILES string of the molecule is CS(=O)(=O)CCNCCOC1CCCc2ccccc21. The third-order valence-electron chi connectivity index (χ3n) is 3.56. The van der Waals surface area contributed by atoms with Crippen molar-refractivity contribution in [2.24, 2.45) is 0 Å². The number of ether oxygens (including phenoxy) is 1. The van der Waals surface area contributed by atoms with Crippen LogP contribution < -0.4 is 5.32 Å². The fourth-order valence-corrected chi connectivity index (χ4v) is 3.05. The van der Waals surface area contributed by atoms with Gasteiger partial charge in [0.1, 0.15) is 9.84 Å². The number of nitrogens with one attached hydrogen (secondary N) is 1. The van der Waals surface area contributed by atoms with E-state index in [0.717, 1.165) is 12.8 Å². The van der Waals surface area contributed by atoms with Crippen molar-refractivity contribution in [2.75, 3.05) is 31.7 Å². The maximum Gasteiger partial charge on any atom is 0.148 e. The summed E-state index contributed by atoms with van der Waals surface area (Å²) in [6.07, 6.45) is 4.83. The Morgan fingerprint density at radius 2 is 2.10 bits per heavy atom. The minimum absolute atomic E-state index is 0.180. The van der Waals surface area contributed by atoms with Crippen molar-refractivity contribution >= 4 is 9.84 Å². The number of hydrogen-bond donors (Lipinski definition) is 1. The van der Waals surface area contributed by atoms with Gasteiger partial charge in [-0.05, 0) is 30.4 Å². The van der Waals surface area contributed by atoms with Crippen molar-refractivity contribution in [1.29, 1.82) is 0 Å². The first-order valence-corrected chi connectivity index (χ1v) is 9.20. The lowest BCUT2D eigenvalue weighted by Crippen LogP contribution is -2.26. The fourth-order valence-electron chi connectivity index (χ4n) is 2.54. The van der Waals surface area contributed by atoms with Crippen LogP contribution in [0.3, 0.4) is 0 Å². The van der Waals surface area contributed by atoms with E-state index in [1.54, 1.807) is 0 Å². The minimum Gasteiger partial charge on any atom is -0.372 e. The highest BCUT2D eigenvalue weighted by atomic mass is 32.2. The monoisotopic (exact) mass is 297 g/mol. The molecule has 5 heteroatoms. The van der Waals surface area contributed by atoms with Gasteiger partial charge in [-0.3, -0.25) is 0 Å². The number of sulfone groups is 1. The molecule has 1 N–H and O–H groups in total. The Kier molecular flexibility index (Phi) is 5.57. The second-order valence-corrected chi connectivity index (χ2v) is 7.59. The zero-order valence-electron chi connectivity index (χ0n) is 12.0. The van der Waals surface area contributed by atoms with Crippen molar-refractivity contribution < 1.29 is 13.2 Å². The summed E-state index contributed by atoms with van der Waals surface area (Å²) in [5.41, 5.74) is 2.71. The third kappa shape index (κ3) is 4.89. The molecule has 0 radical (unpaired) electrons. The normalized spacial score (nSPS) is 18.8. The topological polar surface area (TPSA) is 55.4 Å². The first-order chi connectivity index (χ1) is 9.56. The van der Waals surface area contributed by atoms with Gasteiger partial charge in [-0.25, -0.2) is 8.42 Å². The molecule has 0 amide bonds. The molecule has 0 aromatic heterocycles. The van der Waals surface area contributed by atoms with Crippen LogP contribution in [0.5, 0.6) is 0 Å². The summed E-state index contributed by atoms with van der Waals surface area (Å²) in [5, 5.41) is 3.10. The Bertz CT molecular complexity index is 528. The Morgan fingerprint density at radius 1 is 1.30 bits per heavy atom. The first-order valence-electron chi connectivity index (χ1n) is 7.14. The molecule has 0 bridgehead atoms. The number of benzene rings is 1. The summed E-state index contributed by atoms with van der Waals surface area (Å²) in [7, 11) is -2.88. The number of fused-ring (bicyclic) bond motifs is 1. The van der Waals surface area contributed by atoms with Crippen LogP contribution in [0.2, 0.25) is 0 Å². The average Bonchev–Trinajstić information content (AvgIpc) is 2.41. The highest BCUT2D eigenvalue weighted by Crippen LogP contribution is 2.31. The van der Waals surface area contributed by atoms with E-state index in [9.17, 15) is 8.42 Å². The molecular weight excluding hydrogens is 274 g/mol. The van der Waals surface area contributed by atoms with Crippen LogP contribution in [0.1, 0.15) is 30.1 Å². The summed E-state index contributed by atoms with van der Waals surface area (Å²) in [5.74, 6) is 0.180. The second-order valence-electron chi connectivity index (χ2n) is 5.33. The van der Waals surface area contributed by atoms with Crippen LogP contribution in [0.4, 0.5) is 0 Å². The smallest absolute Gasteiger partial charge is 0.148 e. The third-order valence-corrected chi connectivity index (χ3v) is 4.51. The van der Waals surface area contributed by atoms with Crippen LogP contribution in [0, 0.1) is 0 Å². The molecule has 112 valence electrons. The van der Waals surface area contributed by atoms with Gasteiger partial charge in [0, 0.05) is 19.3 Å². The van der Waals surface area contributed by atoms with Gasteiger partial charge in [-0.1, -0.05) is 24.3 Å². The highest BCUT2D eigenvalue weighted by molar-refractivity contribution is 7.90. The van der Waals surface area contributed by atoms with Crippen molar-refractivity contribution in [3.8, 4) is 0 Å². The van der Waals surface area contributed by atoms with Crippen molar-refractivity contribution in [1.82, 2.24) is 5.32 Å². The van der Waals surface area contributed by atoms with E-state index in [1.165, 1.54) is 23.8 Å². The Labute approximate surface area is 121 Å². The van der Waals surface area contributed by atoms with Gasteiger partial charge in [-0.15, -0.1) is 0 Å². The molecule has 0 saturated heterocycles. The molecule has 0 heterocycles. The molecule has 20 heavy (non-hydrogen) atoms. The molecule has 0 spiro atoms. The molecule has 1 aromatic rings. The predicted molar refractivity (Wildman–Crippen MR) is 80.7 cm³/mol. The van der Waals surface area contributed by atoms with Crippen LogP contribution in [-0.2, 0) is 21.0 Å². The molecule has 0 saturated carbocycles. The molecule has 1 unspecified atom stereocenters. The lowest BCUT2D eigenvalue weighted by atomic mass is 9.89. The number of aryl methyl sites for hydroxylation is 1. The molecule has 1 aliphatic carbocycles. The minimum atomic E-state index is -2.88. The van der Waals surface area contributed by atoms with E-state index >= 15 is 0 Å². The molecule has 4 nitrogen and oxygen atoms in total. The van der Waals surface area contributed by atoms with Gasteiger partial charge in [-0.2, -0.15) is 0 Å². The summed E-state index contributed by atoms with van der Waals surface area (Å²) < 4.78 is 27.9. The fraction of sp³-hybridized carbons (Fsp3) is 0.600. The van der Waals surface area contributed by atoms with Crippen molar-refractivity contribution in [3.05, 3.63) is 35.4 Å². The van der Waals surface area contributed by atoms with Crippen LogP contribution in [0.25, 0.3) is 0 Å². The van der Waals surface area contributed by atoms with Gasteiger partial charge >= 0.3 is 0 Å². The van der Waals surface area contributed by atoms with Gasteiger partial charge in [0.2, 0.25) is 0 Å². The predicted octanol–water partition coefficient (Wildman–Crippen LogP) is 1.71. The Balaban J connectivity index is 1.70. The molecule has 0 fully saturated rings. The molecular formula is C15H23NO3S. The van der Waals surface area contributed by atoms with E-state index in [0.29, 0.717) is 19.7 Å². The summed E-state index contributed by atoms with van der Waals surface area (Å²) in [4.78, 5) is 0. The molecule has 2 rings (SSSR count). The van der Waals surface area contributed by atoms with E-state index in [2.05, 4.69) is 29.6 Å². The van der Waals surface area contributed by atoms with Crippen LogP contribution >= 0.6 is 0 Å². The van der Waals surface area contributed by atoms with Gasteiger partial charge in [0.25, 0.3) is 0 Å². The summed E-state index contributed by atoms with van der Waals surface area (Å²) in [6.45, 7) is 1.79. The summed E-state index contributed by atoms with van der Waals surface area (Å²) in [6, 6.07) is 8.46. The zero-order valence-corrected chi connectivity index (χ0v) is 12.8. The Morgan fingerprint density at radius 3 is 2.90 bits per heavy atom. The van der Waals surface area contributed by atoms with Gasteiger partial charge < -0.3 is 10.1 Å². The van der Waals surface area contributed by atoms with Crippen molar-refractivity contribution in [2.45, 2.75) is 25.4 Å². The highest BCUT2D eigenvalue weighted by Gasteiger charge is 2.19. The maximum atomic E-state index is 11.0. The standard InChI is InChI=1S/C15H23NO3S/c1-20(17,18)12-10-16-9-11-19-15-8-4-6-13-5-2-3-7-14(13)15/h2-3,5,7,15-16H,4,6,8-12H2,1H3. The summed E-state index contributed by atoms with van der Waals surface area (Å²) >= 11 is 0. The van der Waals surface area contributed by atoms with E-state index in [4.69, 9.17) is 4.74 Å². The van der Waals surface area contributed by atoms with Gasteiger partial charge in [0.15, 0.2) is 0 Å². The van der Waals surface area contributed by atoms with Crippen LogP contribution in [-0.4, -0.2) is 40.1 Å². The van der Waals surface area contributed by atoms with Gasteiger partial charge in [0.05, 0.1) is 18.5 Å². The molecule has 1 atom stereocenters. The van der Waals surface area contributed by atoms with E-state index in [1.807, 2.05) is 0 Å². The van der Waals surface area contributed by atoms with E-state index in [-0.39, 0.29) is 11.9 Å². The number of hydrogen-bond acceptors (Lipinski definition) is 4. The lowest BCUT2D eigenvalue weighted by Gasteiger charge is -2.25. The Hall–Kier alpha value is -0.910.